The number of ether oxygens (including phenoxy) is 2. The summed E-state index contributed by atoms with van der Waals surface area (Å²) in [5.41, 5.74) is 4.04. The zero-order chi connectivity index (χ0) is 25.2. The first-order chi connectivity index (χ1) is 16.6. The molecule has 186 valence electrons. The second-order valence-electron chi connectivity index (χ2n) is 9.99. The Morgan fingerprint density at radius 1 is 1.03 bits per heavy atom. The summed E-state index contributed by atoms with van der Waals surface area (Å²) in [5, 5.41) is 17.0. The number of aromatic nitrogens is 5. The number of fused-ring (bicyclic) bond motifs is 1. The van der Waals surface area contributed by atoms with E-state index in [4.69, 9.17) is 14.6 Å². The molecule has 0 atom stereocenters. The third-order valence-electron chi connectivity index (χ3n) is 5.90. The van der Waals surface area contributed by atoms with Crippen molar-refractivity contribution in [2.45, 2.75) is 46.3 Å². The summed E-state index contributed by atoms with van der Waals surface area (Å²) in [4.78, 5) is 4.62. The maximum atomic E-state index is 6.04. The Morgan fingerprint density at radius 2 is 1.83 bits per heavy atom. The summed E-state index contributed by atoms with van der Waals surface area (Å²) in [6.45, 7) is 12.2. The monoisotopic (exact) mass is 493 g/mol. The predicted molar refractivity (Wildman–Crippen MR) is 144 cm³/mol. The fraction of sp³-hybridized carbons (Fsp3) is 0.400. The lowest BCUT2D eigenvalue weighted by atomic mass is 10.1. The first-order valence-electron chi connectivity index (χ1n) is 11.8. The van der Waals surface area contributed by atoms with Gasteiger partial charge < -0.3 is 20.1 Å². The molecule has 10 heteroatoms. The molecule has 0 bridgehead atoms. The Labute approximate surface area is 207 Å². The standard InChI is InChI=1S/C25H35N7O2Si/c1-17-8-9-21(33-4)18(2)24(17)28-25-19-15-26-23(27-22-10-11-31(3)29-22)14-20(19)32(30-25)16-34-12-13-35(5,6)7/h8-11,14-15H,12-13,16H2,1-7H3,(H,28,30)(H,26,27,29). The van der Waals surface area contributed by atoms with E-state index in [9.17, 15) is 0 Å². The Hall–Kier alpha value is -3.37. The van der Waals surface area contributed by atoms with E-state index < -0.39 is 8.07 Å². The molecule has 0 saturated carbocycles. The van der Waals surface area contributed by atoms with Crippen LogP contribution in [0.3, 0.4) is 0 Å². The molecule has 2 N–H and O–H groups in total. The molecule has 35 heavy (non-hydrogen) atoms. The van der Waals surface area contributed by atoms with Gasteiger partial charge in [-0.3, -0.25) is 4.68 Å². The first kappa shape index (κ1) is 24.7. The summed E-state index contributed by atoms with van der Waals surface area (Å²) in [5.74, 6) is 2.99. The number of aryl methyl sites for hydroxylation is 2. The molecule has 0 amide bonds. The van der Waals surface area contributed by atoms with Crippen molar-refractivity contribution < 1.29 is 9.47 Å². The van der Waals surface area contributed by atoms with Gasteiger partial charge in [-0.1, -0.05) is 25.7 Å². The summed E-state index contributed by atoms with van der Waals surface area (Å²) in [6, 6.07) is 9.02. The van der Waals surface area contributed by atoms with Crippen molar-refractivity contribution in [3.63, 3.8) is 0 Å². The minimum Gasteiger partial charge on any atom is -0.496 e. The molecule has 1 aromatic carbocycles. The average Bonchev–Trinajstić information content (AvgIpc) is 3.36. The van der Waals surface area contributed by atoms with Crippen LogP contribution in [0.25, 0.3) is 10.9 Å². The van der Waals surface area contributed by atoms with E-state index in [-0.39, 0.29) is 0 Å². The molecule has 0 spiro atoms. The maximum absolute atomic E-state index is 6.04. The summed E-state index contributed by atoms with van der Waals surface area (Å²) >= 11 is 0. The highest BCUT2D eigenvalue weighted by molar-refractivity contribution is 6.76. The zero-order valence-electron chi connectivity index (χ0n) is 21.6. The minimum atomic E-state index is -1.17. The second kappa shape index (κ2) is 10.1. The van der Waals surface area contributed by atoms with Crippen LogP contribution in [0.4, 0.5) is 23.1 Å². The third kappa shape index (κ3) is 5.83. The van der Waals surface area contributed by atoms with Crippen molar-refractivity contribution in [3.05, 3.63) is 47.8 Å². The Bertz CT molecular complexity index is 1320. The van der Waals surface area contributed by atoms with Crippen LogP contribution in [0, 0.1) is 13.8 Å². The van der Waals surface area contributed by atoms with E-state index in [1.54, 1.807) is 11.8 Å². The molecule has 0 fully saturated rings. The van der Waals surface area contributed by atoms with Crippen molar-refractivity contribution in [1.29, 1.82) is 0 Å². The lowest BCUT2D eigenvalue weighted by Crippen LogP contribution is -2.22. The molecule has 3 aromatic heterocycles. The van der Waals surface area contributed by atoms with E-state index in [0.29, 0.717) is 12.5 Å². The summed E-state index contributed by atoms with van der Waals surface area (Å²) in [6.07, 6.45) is 3.72. The van der Waals surface area contributed by atoms with Crippen molar-refractivity contribution in [1.82, 2.24) is 24.5 Å². The highest BCUT2D eigenvalue weighted by Crippen LogP contribution is 2.34. The zero-order valence-corrected chi connectivity index (χ0v) is 22.6. The van der Waals surface area contributed by atoms with Gasteiger partial charge in [0.05, 0.1) is 18.0 Å². The molecule has 0 aliphatic heterocycles. The van der Waals surface area contributed by atoms with E-state index in [1.807, 2.05) is 55.3 Å². The van der Waals surface area contributed by atoms with Crippen molar-refractivity contribution in [2.75, 3.05) is 24.4 Å². The molecular formula is C25H35N7O2Si. The number of anilines is 4. The fourth-order valence-corrected chi connectivity index (χ4v) is 4.59. The molecule has 9 nitrogen and oxygen atoms in total. The summed E-state index contributed by atoms with van der Waals surface area (Å²) in [7, 11) is 2.39. The number of nitrogens with zero attached hydrogens (tertiary/aromatic N) is 5. The highest BCUT2D eigenvalue weighted by Gasteiger charge is 2.17. The number of hydrogen-bond acceptors (Lipinski definition) is 7. The fourth-order valence-electron chi connectivity index (χ4n) is 3.83. The van der Waals surface area contributed by atoms with Gasteiger partial charge in [0.2, 0.25) is 0 Å². The van der Waals surface area contributed by atoms with E-state index >= 15 is 0 Å². The summed E-state index contributed by atoms with van der Waals surface area (Å²) < 4.78 is 15.2. The van der Waals surface area contributed by atoms with Crippen LogP contribution in [0.1, 0.15) is 11.1 Å². The molecule has 0 aliphatic rings. The molecule has 0 radical (unpaired) electrons. The highest BCUT2D eigenvalue weighted by atomic mass is 28.3. The molecule has 4 rings (SSSR count). The van der Waals surface area contributed by atoms with Gasteiger partial charge in [-0.2, -0.15) is 10.2 Å². The van der Waals surface area contributed by atoms with Crippen molar-refractivity contribution in [3.8, 4) is 5.75 Å². The Balaban J connectivity index is 1.68. The predicted octanol–water partition coefficient (Wildman–Crippen LogP) is 5.59. The van der Waals surface area contributed by atoms with Crippen LogP contribution in [0.2, 0.25) is 25.7 Å². The van der Waals surface area contributed by atoms with Gasteiger partial charge in [0, 0.05) is 57.5 Å². The van der Waals surface area contributed by atoms with Crippen molar-refractivity contribution in [2.24, 2.45) is 7.05 Å². The van der Waals surface area contributed by atoms with Crippen LogP contribution in [0.15, 0.2) is 36.7 Å². The second-order valence-corrected chi connectivity index (χ2v) is 15.6. The van der Waals surface area contributed by atoms with E-state index in [1.165, 1.54) is 0 Å². The van der Waals surface area contributed by atoms with Crippen molar-refractivity contribution >= 4 is 42.1 Å². The van der Waals surface area contributed by atoms with Gasteiger partial charge in [0.1, 0.15) is 18.3 Å². The molecule has 4 aromatic rings. The molecule has 0 unspecified atom stereocenters. The van der Waals surface area contributed by atoms with Gasteiger partial charge in [-0.25, -0.2) is 9.67 Å². The lowest BCUT2D eigenvalue weighted by molar-refractivity contribution is 0.0819. The number of nitrogens with one attached hydrogen (secondary N) is 2. The van der Waals surface area contributed by atoms with Gasteiger partial charge in [0.25, 0.3) is 0 Å². The van der Waals surface area contributed by atoms with Gasteiger partial charge in [0.15, 0.2) is 11.6 Å². The Kier molecular flexibility index (Phi) is 7.13. The van der Waals surface area contributed by atoms with Crippen LogP contribution in [-0.2, 0) is 18.5 Å². The molecule has 0 aliphatic carbocycles. The van der Waals surface area contributed by atoms with Gasteiger partial charge in [-0.15, -0.1) is 0 Å². The molecule has 0 saturated heterocycles. The van der Waals surface area contributed by atoms with E-state index in [0.717, 1.165) is 57.8 Å². The topological polar surface area (TPSA) is 91.1 Å². The largest absolute Gasteiger partial charge is 0.496 e. The number of hydrogen-bond donors (Lipinski definition) is 2. The van der Waals surface area contributed by atoms with E-state index in [2.05, 4.69) is 47.3 Å². The number of benzene rings is 1. The van der Waals surface area contributed by atoms with Crippen LogP contribution in [-0.4, -0.2) is 46.3 Å². The normalized spacial score (nSPS) is 11.7. The lowest BCUT2D eigenvalue weighted by Gasteiger charge is -2.15. The van der Waals surface area contributed by atoms with Gasteiger partial charge in [-0.05, 0) is 31.5 Å². The third-order valence-corrected chi connectivity index (χ3v) is 7.61. The maximum Gasteiger partial charge on any atom is 0.162 e. The molecule has 3 heterocycles. The SMILES string of the molecule is COc1ccc(C)c(Nc2nn(COCC[Si](C)(C)C)c3cc(Nc4ccn(C)n4)ncc23)c1C. The minimum absolute atomic E-state index is 0.367. The smallest absolute Gasteiger partial charge is 0.162 e. The van der Waals surface area contributed by atoms with Gasteiger partial charge >= 0.3 is 0 Å². The van der Waals surface area contributed by atoms with Crippen LogP contribution < -0.4 is 15.4 Å². The molecular weight excluding hydrogens is 458 g/mol. The quantitative estimate of drug-likeness (QED) is 0.220. The Morgan fingerprint density at radius 3 is 2.51 bits per heavy atom. The number of methoxy groups -OCH3 is 1. The number of pyridine rings is 1. The number of rotatable bonds is 10. The average molecular weight is 494 g/mol. The van der Waals surface area contributed by atoms with Crippen LogP contribution in [0.5, 0.6) is 5.75 Å². The first-order valence-corrected chi connectivity index (χ1v) is 15.5. The van der Waals surface area contributed by atoms with Crippen LogP contribution >= 0.6 is 0 Å².